The molecular formula is C17H15ClFN7O. The minimum atomic E-state index is -0.560. The lowest BCUT2D eigenvalue weighted by Gasteiger charge is -2.12. The third-order valence-corrected chi connectivity index (χ3v) is 4.24. The van der Waals surface area contributed by atoms with Crippen molar-refractivity contribution in [2.45, 2.75) is 6.42 Å². The fourth-order valence-corrected chi connectivity index (χ4v) is 2.86. The quantitative estimate of drug-likeness (QED) is 0.492. The molecule has 0 aromatic carbocycles. The normalized spacial score (nSPS) is 12.5. The highest BCUT2D eigenvalue weighted by Crippen LogP contribution is 2.18. The van der Waals surface area contributed by atoms with Crippen LogP contribution in [0.25, 0.3) is 5.88 Å². The van der Waals surface area contributed by atoms with Crippen LogP contribution in [0, 0.1) is 5.95 Å². The van der Waals surface area contributed by atoms with Gasteiger partial charge in [0.15, 0.2) is 5.49 Å². The molecule has 3 aromatic heterocycles. The van der Waals surface area contributed by atoms with Crippen LogP contribution in [0.3, 0.4) is 0 Å². The number of methoxy groups -OCH3 is 1. The lowest BCUT2D eigenvalue weighted by molar-refractivity contribution is 0.318. The number of fused-ring (bicyclic) bond motifs is 1. The fourth-order valence-electron chi connectivity index (χ4n) is 2.75. The zero-order chi connectivity index (χ0) is 18.8. The van der Waals surface area contributed by atoms with Crippen molar-refractivity contribution in [3.8, 4) is 0 Å². The largest absolute Gasteiger partial charge is 0.481 e. The zero-order valence-electron chi connectivity index (χ0n) is 14.2. The molecule has 0 saturated carbocycles. The van der Waals surface area contributed by atoms with E-state index in [1.807, 2.05) is 0 Å². The number of aromatic amines is 1. The standard InChI is InChI=1S/C17H15ClFN7O/c1-27-17-14-10(7-21-16(14)24-26-25-17)6-9-2-5-13(23-15(9)19)22-11-3-4-12(18)20-8-11/h2-5,7-8,25-26H,6H2,1H3,(H,21,24)(H,22,23). The summed E-state index contributed by atoms with van der Waals surface area (Å²) in [4.78, 5) is 11.0. The topological polar surface area (TPSA) is 99.2 Å². The van der Waals surface area contributed by atoms with Crippen molar-refractivity contribution >= 4 is 29.0 Å². The van der Waals surface area contributed by atoms with Gasteiger partial charge in [-0.1, -0.05) is 17.7 Å². The molecule has 1 aliphatic rings. The minimum Gasteiger partial charge on any atom is -0.481 e. The summed E-state index contributed by atoms with van der Waals surface area (Å²) in [6.07, 6.45) is 3.65. The van der Waals surface area contributed by atoms with Gasteiger partial charge in [-0.2, -0.15) is 4.39 Å². The number of pyridine rings is 2. The van der Waals surface area contributed by atoms with Gasteiger partial charge >= 0.3 is 0 Å². The molecule has 0 spiro atoms. The second kappa shape index (κ2) is 7.12. The molecule has 0 amide bonds. The number of nitrogens with one attached hydrogen (secondary N) is 4. The van der Waals surface area contributed by atoms with E-state index >= 15 is 0 Å². The second-order valence-electron chi connectivity index (χ2n) is 5.74. The fraction of sp³-hybridized carbons (Fsp3) is 0.118. The van der Waals surface area contributed by atoms with Gasteiger partial charge in [-0.15, -0.1) is 5.10 Å². The van der Waals surface area contributed by atoms with Crippen LogP contribution in [0.1, 0.15) is 11.1 Å². The Balaban J connectivity index is 1.60. The SMILES string of the molecule is COC1=c2c(Cc3ccc(Nc4ccc(Cl)nc4)nc3F)c[nH]c2=NNN1. The predicted molar refractivity (Wildman–Crippen MR) is 97.8 cm³/mol. The van der Waals surface area contributed by atoms with Crippen LogP contribution in [0.2, 0.25) is 5.15 Å². The summed E-state index contributed by atoms with van der Waals surface area (Å²) >= 11 is 5.76. The van der Waals surface area contributed by atoms with Crippen LogP contribution in [0.15, 0.2) is 41.8 Å². The molecule has 1 aliphatic heterocycles. The van der Waals surface area contributed by atoms with Gasteiger partial charge in [-0.3, -0.25) is 5.43 Å². The molecule has 4 rings (SSSR count). The summed E-state index contributed by atoms with van der Waals surface area (Å²) in [5.74, 6) is 0.328. The Labute approximate surface area is 158 Å². The number of aromatic nitrogens is 3. The van der Waals surface area contributed by atoms with Crippen LogP contribution in [0.5, 0.6) is 0 Å². The van der Waals surface area contributed by atoms with Crippen molar-refractivity contribution in [2.24, 2.45) is 5.10 Å². The van der Waals surface area contributed by atoms with Gasteiger partial charge in [0, 0.05) is 18.2 Å². The molecule has 8 nitrogen and oxygen atoms in total. The van der Waals surface area contributed by atoms with Gasteiger partial charge in [0.2, 0.25) is 11.8 Å². The summed E-state index contributed by atoms with van der Waals surface area (Å²) in [6.45, 7) is 0. The number of anilines is 2. The molecule has 4 N–H and O–H groups in total. The molecule has 0 aliphatic carbocycles. The number of hydrogen-bond acceptors (Lipinski definition) is 7. The molecule has 10 heteroatoms. The summed E-state index contributed by atoms with van der Waals surface area (Å²) in [6, 6.07) is 6.77. The lowest BCUT2D eigenvalue weighted by Crippen LogP contribution is -2.44. The maximum atomic E-state index is 14.5. The number of hydrogen-bond donors (Lipinski definition) is 4. The van der Waals surface area contributed by atoms with Crippen LogP contribution in [-0.4, -0.2) is 22.1 Å². The first-order chi connectivity index (χ1) is 13.1. The maximum absolute atomic E-state index is 14.5. The number of rotatable bonds is 5. The minimum absolute atomic E-state index is 0.331. The van der Waals surface area contributed by atoms with Gasteiger partial charge in [0.05, 0.1) is 24.2 Å². The molecule has 0 fully saturated rings. The van der Waals surface area contributed by atoms with Gasteiger partial charge in [0.1, 0.15) is 11.0 Å². The first kappa shape index (κ1) is 17.1. The van der Waals surface area contributed by atoms with E-state index in [4.69, 9.17) is 16.3 Å². The Bertz CT molecular complexity index is 1100. The number of hydrazine groups is 1. The van der Waals surface area contributed by atoms with Crippen molar-refractivity contribution in [3.05, 3.63) is 69.6 Å². The van der Waals surface area contributed by atoms with Gasteiger partial charge in [-0.05, 0) is 23.8 Å². The van der Waals surface area contributed by atoms with Gasteiger partial charge in [0.25, 0.3) is 0 Å². The second-order valence-corrected chi connectivity index (χ2v) is 6.12. The monoisotopic (exact) mass is 387 g/mol. The molecular weight excluding hydrogens is 373 g/mol. The van der Waals surface area contributed by atoms with E-state index in [0.29, 0.717) is 40.0 Å². The number of H-pyrrole nitrogens is 1. The van der Waals surface area contributed by atoms with Crippen molar-refractivity contribution in [1.82, 2.24) is 25.9 Å². The highest BCUT2D eigenvalue weighted by atomic mass is 35.5. The molecule has 4 heterocycles. The molecule has 138 valence electrons. The highest BCUT2D eigenvalue weighted by molar-refractivity contribution is 6.29. The Kier molecular flexibility index (Phi) is 4.51. The van der Waals surface area contributed by atoms with E-state index in [9.17, 15) is 4.39 Å². The van der Waals surface area contributed by atoms with E-state index in [1.54, 1.807) is 43.8 Å². The summed E-state index contributed by atoms with van der Waals surface area (Å²) in [5.41, 5.74) is 8.02. The van der Waals surface area contributed by atoms with E-state index in [2.05, 4.69) is 36.3 Å². The Morgan fingerprint density at radius 3 is 2.85 bits per heavy atom. The molecule has 27 heavy (non-hydrogen) atoms. The first-order valence-corrected chi connectivity index (χ1v) is 8.39. The maximum Gasteiger partial charge on any atom is 0.218 e. The molecule has 0 saturated heterocycles. The average Bonchev–Trinajstić information content (AvgIpc) is 3.09. The summed E-state index contributed by atoms with van der Waals surface area (Å²) in [5, 5.41) is 8.22. The van der Waals surface area contributed by atoms with Crippen LogP contribution < -0.4 is 27.0 Å². The van der Waals surface area contributed by atoms with Crippen molar-refractivity contribution in [3.63, 3.8) is 0 Å². The Morgan fingerprint density at radius 2 is 2.11 bits per heavy atom. The highest BCUT2D eigenvalue weighted by Gasteiger charge is 2.14. The third-order valence-electron chi connectivity index (χ3n) is 4.02. The predicted octanol–water partition coefficient (Wildman–Crippen LogP) is 1.29. The summed E-state index contributed by atoms with van der Waals surface area (Å²) < 4.78 is 19.8. The van der Waals surface area contributed by atoms with Crippen molar-refractivity contribution < 1.29 is 9.13 Å². The third kappa shape index (κ3) is 3.49. The number of halogens is 2. The smallest absolute Gasteiger partial charge is 0.218 e. The van der Waals surface area contributed by atoms with Gasteiger partial charge < -0.3 is 15.0 Å². The Morgan fingerprint density at radius 1 is 1.22 bits per heavy atom. The van der Waals surface area contributed by atoms with E-state index in [-0.39, 0.29) is 0 Å². The molecule has 0 unspecified atom stereocenters. The molecule has 0 bridgehead atoms. The molecule has 0 atom stereocenters. The lowest BCUT2D eigenvalue weighted by atomic mass is 10.1. The van der Waals surface area contributed by atoms with Crippen molar-refractivity contribution in [1.29, 1.82) is 0 Å². The average molecular weight is 388 g/mol. The molecule has 3 aromatic rings. The van der Waals surface area contributed by atoms with Crippen LogP contribution in [0.4, 0.5) is 15.9 Å². The first-order valence-electron chi connectivity index (χ1n) is 8.01. The zero-order valence-corrected chi connectivity index (χ0v) is 14.9. The Hall–Kier alpha value is -3.33. The molecule has 0 radical (unpaired) electrons. The van der Waals surface area contributed by atoms with Gasteiger partial charge in [-0.25, -0.2) is 15.5 Å². The van der Waals surface area contributed by atoms with Crippen LogP contribution in [-0.2, 0) is 11.2 Å². The van der Waals surface area contributed by atoms with Crippen LogP contribution >= 0.6 is 11.6 Å². The van der Waals surface area contributed by atoms with E-state index in [0.717, 1.165) is 10.8 Å². The number of nitrogens with zero attached hydrogens (tertiary/aromatic N) is 3. The van der Waals surface area contributed by atoms with Crippen molar-refractivity contribution in [2.75, 3.05) is 12.4 Å². The van der Waals surface area contributed by atoms with E-state index < -0.39 is 5.95 Å². The van der Waals surface area contributed by atoms with E-state index in [1.165, 1.54) is 0 Å². The summed E-state index contributed by atoms with van der Waals surface area (Å²) in [7, 11) is 1.55. The number of ether oxygens (including phenoxy) is 1.